The molecule has 2 aromatic heterocycles. The Hall–Kier alpha value is -2.89. The average molecular weight is 466 g/mol. The van der Waals surface area contributed by atoms with Crippen molar-refractivity contribution in [3.8, 4) is 11.1 Å². The number of nitrogens with zero attached hydrogens (tertiary/aromatic N) is 3. The lowest BCUT2D eigenvalue weighted by Gasteiger charge is -2.24. The fourth-order valence-electron chi connectivity index (χ4n) is 3.97. The summed E-state index contributed by atoms with van der Waals surface area (Å²) in [7, 11) is 4.51. The van der Waals surface area contributed by atoms with Gasteiger partial charge in [0.2, 0.25) is 0 Å². The maximum absolute atomic E-state index is 14.7. The zero-order chi connectivity index (χ0) is 23.6. The van der Waals surface area contributed by atoms with Crippen molar-refractivity contribution in [1.29, 1.82) is 0 Å². The van der Waals surface area contributed by atoms with Gasteiger partial charge in [0.15, 0.2) is 5.82 Å². The van der Waals surface area contributed by atoms with Gasteiger partial charge < -0.3 is 15.0 Å². The maximum Gasteiger partial charge on any atom is 0.257 e. The molecular formula is C25H28FN4O2P. The van der Waals surface area contributed by atoms with Crippen molar-refractivity contribution < 1.29 is 13.9 Å². The smallest absolute Gasteiger partial charge is 0.257 e. The second kappa shape index (κ2) is 9.54. The molecule has 0 radical (unpaired) electrons. The van der Waals surface area contributed by atoms with Crippen molar-refractivity contribution in [2.24, 2.45) is 0 Å². The molecule has 0 aliphatic carbocycles. The number of aromatic nitrogens is 2. The van der Waals surface area contributed by atoms with Crippen LogP contribution in [0.2, 0.25) is 0 Å². The molecule has 172 valence electrons. The Kier molecular flexibility index (Phi) is 6.73. The third kappa shape index (κ3) is 5.05. The number of methoxy groups -OCH3 is 1. The Morgan fingerprint density at radius 2 is 2.00 bits per heavy atom. The zero-order valence-electron chi connectivity index (χ0n) is 19.0. The van der Waals surface area contributed by atoms with Crippen molar-refractivity contribution in [2.75, 3.05) is 30.4 Å². The largest absolute Gasteiger partial charge is 0.375 e. The fraction of sp³-hybridized carbons (Fsp3) is 0.320. The van der Waals surface area contributed by atoms with E-state index in [1.807, 2.05) is 6.92 Å². The second-order valence-electron chi connectivity index (χ2n) is 8.67. The number of carbonyl (C=O) groups is 1. The van der Waals surface area contributed by atoms with Crippen LogP contribution in [0.4, 0.5) is 15.9 Å². The average Bonchev–Trinajstić information content (AvgIpc) is 3.18. The van der Waals surface area contributed by atoms with Crippen LogP contribution in [-0.4, -0.2) is 41.2 Å². The Bertz CT molecular complexity index is 1150. The number of halogens is 1. The molecule has 6 nitrogen and oxygen atoms in total. The summed E-state index contributed by atoms with van der Waals surface area (Å²) in [5.41, 5.74) is 2.62. The minimum Gasteiger partial charge on any atom is -0.375 e. The van der Waals surface area contributed by atoms with E-state index < -0.39 is 0 Å². The lowest BCUT2D eigenvalue weighted by molar-refractivity contribution is 0.102. The quantitative estimate of drug-likeness (QED) is 0.513. The van der Waals surface area contributed by atoms with Gasteiger partial charge in [0.05, 0.1) is 23.0 Å². The first kappa shape index (κ1) is 23.3. The minimum atomic E-state index is -0.359. The van der Waals surface area contributed by atoms with Crippen LogP contribution in [0.25, 0.3) is 11.1 Å². The van der Waals surface area contributed by atoms with Gasteiger partial charge in [-0.15, -0.1) is 9.24 Å². The fourth-order valence-corrected chi connectivity index (χ4v) is 4.32. The van der Waals surface area contributed by atoms with Gasteiger partial charge in [0, 0.05) is 48.9 Å². The summed E-state index contributed by atoms with van der Waals surface area (Å²) in [6.45, 7) is 5.62. The van der Waals surface area contributed by atoms with Crippen LogP contribution in [0.5, 0.6) is 0 Å². The van der Waals surface area contributed by atoms with Crippen LogP contribution >= 0.6 is 9.24 Å². The van der Waals surface area contributed by atoms with Gasteiger partial charge >= 0.3 is 0 Å². The van der Waals surface area contributed by atoms with Crippen molar-refractivity contribution in [1.82, 2.24) is 9.97 Å². The normalized spacial score (nSPS) is 18.9. The van der Waals surface area contributed by atoms with E-state index in [2.05, 4.69) is 36.3 Å². The summed E-state index contributed by atoms with van der Waals surface area (Å²) in [5.74, 6) is -0.0614. The van der Waals surface area contributed by atoms with Gasteiger partial charge in [0.25, 0.3) is 5.91 Å². The first-order chi connectivity index (χ1) is 15.8. The third-order valence-corrected chi connectivity index (χ3v) is 6.43. The molecule has 8 heteroatoms. The molecule has 1 aromatic carbocycles. The van der Waals surface area contributed by atoms with Gasteiger partial charge in [-0.1, -0.05) is 25.1 Å². The van der Waals surface area contributed by atoms with E-state index in [4.69, 9.17) is 4.74 Å². The van der Waals surface area contributed by atoms with Gasteiger partial charge in [-0.05, 0) is 37.6 Å². The summed E-state index contributed by atoms with van der Waals surface area (Å²) in [6, 6.07) is 11.8. The Morgan fingerprint density at radius 3 is 2.64 bits per heavy atom. The van der Waals surface area contributed by atoms with Crippen LogP contribution in [0.1, 0.15) is 42.4 Å². The molecule has 3 heterocycles. The first-order valence-corrected chi connectivity index (χ1v) is 11.4. The molecule has 1 aliphatic rings. The highest BCUT2D eigenvalue weighted by Gasteiger charge is 2.32. The summed E-state index contributed by atoms with van der Waals surface area (Å²) in [5, 5.41) is 3.05. The minimum absolute atomic E-state index is 0.0504. The van der Waals surface area contributed by atoms with Crippen LogP contribution in [0.3, 0.4) is 0 Å². The number of carbonyl (C=O) groups excluding carboxylic acids is 1. The summed E-state index contributed by atoms with van der Waals surface area (Å²) < 4.78 is 20.0. The molecule has 1 aliphatic heterocycles. The lowest BCUT2D eigenvalue weighted by atomic mass is 10.0. The molecule has 1 amide bonds. The number of benzene rings is 1. The predicted molar refractivity (Wildman–Crippen MR) is 132 cm³/mol. The van der Waals surface area contributed by atoms with E-state index in [-0.39, 0.29) is 23.0 Å². The van der Waals surface area contributed by atoms with Crippen molar-refractivity contribution in [3.63, 3.8) is 0 Å². The van der Waals surface area contributed by atoms with Crippen molar-refractivity contribution in [3.05, 3.63) is 71.9 Å². The molecule has 1 saturated heterocycles. The molecule has 1 fully saturated rings. The molecular weight excluding hydrogens is 438 g/mol. The number of nitrogens with one attached hydrogen (secondary N) is 1. The van der Waals surface area contributed by atoms with Crippen LogP contribution in [0.15, 0.2) is 54.9 Å². The van der Waals surface area contributed by atoms with E-state index in [1.54, 1.807) is 49.7 Å². The lowest BCUT2D eigenvalue weighted by Crippen LogP contribution is -2.27. The van der Waals surface area contributed by atoms with Crippen molar-refractivity contribution >= 4 is 26.7 Å². The van der Waals surface area contributed by atoms with E-state index in [0.29, 0.717) is 28.2 Å². The molecule has 0 saturated carbocycles. The monoisotopic (exact) mass is 466 g/mol. The number of hydrogen-bond donors (Lipinski definition) is 1. The number of ether oxygens (including phenoxy) is 1. The van der Waals surface area contributed by atoms with Gasteiger partial charge in [0.1, 0.15) is 5.82 Å². The summed E-state index contributed by atoms with van der Waals surface area (Å²) in [6.07, 6.45) is 3.98. The highest BCUT2D eigenvalue weighted by Crippen LogP contribution is 2.40. The Morgan fingerprint density at radius 1 is 1.21 bits per heavy atom. The van der Waals surface area contributed by atoms with Crippen molar-refractivity contribution in [2.45, 2.75) is 31.5 Å². The highest BCUT2D eigenvalue weighted by atomic mass is 31.0. The topological polar surface area (TPSA) is 67.3 Å². The molecule has 3 atom stereocenters. The van der Waals surface area contributed by atoms with E-state index in [0.717, 1.165) is 25.2 Å². The molecule has 3 aromatic rings. The van der Waals surface area contributed by atoms with Gasteiger partial charge in [-0.2, -0.15) is 0 Å². The standard InChI is InChI=1S/C25H28FN4O2P/c1-16(32-3)21-9-8-17(14-28-21)24(31)29-22-19(18-6-4-5-7-20(18)26)10-12-27-23(22)30-13-11-25(2,33)15-30/h4-10,12,14,16H,11,13,15,33H2,1-3H3,(H,29,31). The number of pyridine rings is 2. The second-order valence-corrected chi connectivity index (χ2v) is 10.1. The molecule has 1 N–H and O–H groups in total. The third-order valence-electron chi connectivity index (χ3n) is 5.96. The van der Waals surface area contributed by atoms with E-state index >= 15 is 0 Å². The van der Waals surface area contributed by atoms with E-state index in [1.165, 1.54) is 12.3 Å². The summed E-state index contributed by atoms with van der Waals surface area (Å²) >= 11 is 0. The number of anilines is 2. The Balaban J connectivity index is 1.73. The molecule has 3 unspecified atom stereocenters. The van der Waals surface area contributed by atoms with Crippen LogP contribution in [0, 0.1) is 5.82 Å². The molecule has 33 heavy (non-hydrogen) atoms. The zero-order valence-corrected chi connectivity index (χ0v) is 20.2. The van der Waals surface area contributed by atoms with Crippen LogP contribution in [-0.2, 0) is 4.74 Å². The van der Waals surface area contributed by atoms with E-state index in [9.17, 15) is 9.18 Å². The summed E-state index contributed by atoms with van der Waals surface area (Å²) in [4.78, 5) is 24.3. The predicted octanol–water partition coefficient (Wildman–Crippen LogP) is 5.09. The first-order valence-electron chi connectivity index (χ1n) is 10.9. The highest BCUT2D eigenvalue weighted by molar-refractivity contribution is 7.19. The number of amides is 1. The maximum atomic E-state index is 14.7. The molecule has 4 rings (SSSR count). The van der Waals surface area contributed by atoms with Gasteiger partial charge in [-0.3, -0.25) is 9.78 Å². The number of rotatable bonds is 6. The molecule has 0 bridgehead atoms. The number of hydrogen-bond acceptors (Lipinski definition) is 5. The van der Waals surface area contributed by atoms with Crippen LogP contribution < -0.4 is 10.2 Å². The SMILES string of the molecule is COC(C)c1ccc(C(=O)Nc2c(-c3ccccc3F)ccnc2N2CCC(C)(P)C2)cn1. The molecule has 0 spiro atoms. The van der Waals surface area contributed by atoms with Gasteiger partial charge in [-0.25, -0.2) is 9.37 Å². The Labute approximate surface area is 195 Å².